The summed E-state index contributed by atoms with van der Waals surface area (Å²) < 4.78 is 5.81. The van der Waals surface area contributed by atoms with Crippen LogP contribution in [0.1, 0.15) is 51.4 Å². The van der Waals surface area contributed by atoms with E-state index in [2.05, 4.69) is 16.3 Å². The van der Waals surface area contributed by atoms with E-state index in [0.717, 1.165) is 44.0 Å². The minimum atomic E-state index is -0.539. The molecule has 0 spiro atoms. The van der Waals surface area contributed by atoms with Crippen molar-refractivity contribution in [1.82, 2.24) is 10.2 Å². The normalized spacial score (nSPS) is 41.2. The molecule has 2 aliphatic heterocycles. The summed E-state index contributed by atoms with van der Waals surface area (Å²) in [5, 5.41) is 3.61. The number of allylic oxidation sites excluding steroid dienone is 3. The fourth-order valence-corrected chi connectivity index (χ4v) is 6.57. The summed E-state index contributed by atoms with van der Waals surface area (Å²) >= 11 is 0. The third-order valence-electron chi connectivity index (χ3n) is 8.19. The molecule has 0 aromatic heterocycles. The third kappa shape index (κ3) is 3.21. The molecule has 5 aliphatic rings. The number of ether oxygens (including phenoxy) is 1. The van der Waals surface area contributed by atoms with Crippen LogP contribution in [0.25, 0.3) is 0 Å². The van der Waals surface area contributed by atoms with Crippen LogP contribution >= 0.6 is 0 Å². The number of amides is 1. The lowest BCUT2D eigenvalue weighted by Gasteiger charge is -2.48. The number of nitrogens with two attached hydrogens (primary N) is 1. The number of rotatable bonds is 5. The standard InChI is InChI=1S/C23H35N3O2/c24-22(27)23(10-1-2-21-20(23)9-13-28-21)17-5-7-18(8-6-17)26-12-11-25-15-19(26)14-16-3-4-16/h1-2,10,16-20,25H,3-9,11-15H2,(H2,24,27). The second-order valence-corrected chi connectivity index (χ2v) is 9.70. The van der Waals surface area contributed by atoms with E-state index in [4.69, 9.17) is 10.5 Å². The largest absolute Gasteiger partial charge is 0.498 e. The lowest BCUT2D eigenvalue weighted by molar-refractivity contribution is -0.131. The Labute approximate surface area is 168 Å². The van der Waals surface area contributed by atoms with Gasteiger partial charge in [0, 0.05) is 37.6 Å². The predicted octanol–water partition coefficient (Wildman–Crippen LogP) is 2.58. The average Bonchev–Trinajstić information content (AvgIpc) is 3.40. The van der Waals surface area contributed by atoms with Crippen molar-refractivity contribution in [2.24, 2.45) is 28.9 Å². The van der Waals surface area contributed by atoms with Gasteiger partial charge in [0.2, 0.25) is 5.91 Å². The fraction of sp³-hybridized carbons (Fsp3) is 0.783. The second-order valence-electron chi connectivity index (χ2n) is 9.70. The molecule has 28 heavy (non-hydrogen) atoms. The van der Waals surface area contributed by atoms with Crippen molar-refractivity contribution in [1.29, 1.82) is 0 Å². The van der Waals surface area contributed by atoms with E-state index in [1.54, 1.807) is 0 Å². The zero-order valence-electron chi connectivity index (χ0n) is 16.9. The van der Waals surface area contributed by atoms with Crippen LogP contribution in [0.5, 0.6) is 0 Å². The van der Waals surface area contributed by atoms with Crippen LogP contribution in [0.4, 0.5) is 0 Å². The van der Waals surface area contributed by atoms with Crippen molar-refractivity contribution < 1.29 is 9.53 Å². The van der Waals surface area contributed by atoms with Gasteiger partial charge >= 0.3 is 0 Å². The number of nitrogens with one attached hydrogen (secondary N) is 1. The van der Waals surface area contributed by atoms with Gasteiger partial charge in [-0.15, -0.1) is 0 Å². The van der Waals surface area contributed by atoms with Gasteiger partial charge in [-0.3, -0.25) is 9.69 Å². The molecule has 3 N–H and O–H groups in total. The van der Waals surface area contributed by atoms with Crippen LogP contribution in [0.2, 0.25) is 0 Å². The summed E-state index contributed by atoms with van der Waals surface area (Å²) in [6.45, 7) is 4.16. The van der Waals surface area contributed by atoms with E-state index in [-0.39, 0.29) is 11.8 Å². The minimum Gasteiger partial charge on any atom is -0.498 e. The first-order valence-corrected chi connectivity index (χ1v) is 11.5. The molecule has 2 heterocycles. The smallest absolute Gasteiger partial charge is 0.228 e. The highest BCUT2D eigenvalue weighted by Gasteiger charge is 2.53. The summed E-state index contributed by atoms with van der Waals surface area (Å²) in [5.74, 6) is 2.30. The molecule has 5 heteroatoms. The van der Waals surface area contributed by atoms with Gasteiger partial charge in [-0.1, -0.05) is 25.0 Å². The number of nitrogens with zero attached hydrogens (tertiary/aromatic N) is 1. The molecule has 2 saturated heterocycles. The maximum Gasteiger partial charge on any atom is 0.228 e. The molecule has 1 amide bonds. The van der Waals surface area contributed by atoms with Crippen molar-refractivity contribution in [2.75, 3.05) is 26.2 Å². The van der Waals surface area contributed by atoms with Crippen molar-refractivity contribution in [3.63, 3.8) is 0 Å². The zero-order chi connectivity index (χ0) is 19.1. The first kappa shape index (κ1) is 18.7. The molecule has 3 aliphatic carbocycles. The number of carbonyl (C=O) groups is 1. The van der Waals surface area contributed by atoms with E-state index in [1.807, 2.05) is 12.2 Å². The maximum absolute atomic E-state index is 12.8. The summed E-state index contributed by atoms with van der Waals surface area (Å²) in [4.78, 5) is 15.6. The average molecular weight is 386 g/mol. The Bertz CT molecular complexity index is 663. The van der Waals surface area contributed by atoms with Crippen LogP contribution in [0.3, 0.4) is 0 Å². The highest BCUT2D eigenvalue weighted by Crippen LogP contribution is 2.53. The molecule has 0 radical (unpaired) electrons. The van der Waals surface area contributed by atoms with Gasteiger partial charge in [0.1, 0.15) is 5.76 Å². The highest BCUT2D eigenvalue weighted by atomic mass is 16.5. The lowest BCUT2D eigenvalue weighted by atomic mass is 9.59. The van der Waals surface area contributed by atoms with E-state index >= 15 is 0 Å². The first-order valence-electron chi connectivity index (χ1n) is 11.5. The van der Waals surface area contributed by atoms with Gasteiger partial charge in [-0.2, -0.15) is 0 Å². The van der Waals surface area contributed by atoms with Crippen molar-refractivity contribution >= 4 is 5.91 Å². The lowest BCUT2D eigenvalue weighted by Crippen LogP contribution is -2.57. The molecule has 3 atom stereocenters. The Hall–Kier alpha value is -1.33. The fourth-order valence-electron chi connectivity index (χ4n) is 6.57. The van der Waals surface area contributed by atoms with Crippen LogP contribution in [-0.2, 0) is 9.53 Å². The number of primary amides is 1. The number of carbonyl (C=O) groups excluding carboxylic acids is 1. The van der Waals surface area contributed by atoms with E-state index in [0.29, 0.717) is 24.6 Å². The third-order valence-corrected chi connectivity index (χ3v) is 8.19. The van der Waals surface area contributed by atoms with Crippen LogP contribution < -0.4 is 11.1 Å². The van der Waals surface area contributed by atoms with E-state index in [9.17, 15) is 4.79 Å². The van der Waals surface area contributed by atoms with E-state index < -0.39 is 5.41 Å². The monoisotopic (exact) mass is 385 g/mol. The maximum atomic E-state index is 12.8. The van der Waals surface area contributed by atoms with Crippen molar-refractivity contribution in [2.45, 2.75) is 63.5 Å². The minimum absolute atomic E-state index is 0.151. The Morgan fingerprint density at radius 2 is 2.04 bits per heavy atom. The molecule has 5 nitrogen and oxygen atoms in total. The van der Waals surface area contributed by atoms with Crippen LogP contribution in [-0.4, -0.2) is 49.1 Å². The van der Waals surface area contributed by atoms with Gasteiger partial charge < -0.3 is 15.8 Å². The van der Waals surface area contributed by atoms with Gasteiger partial charge in [-0.25, -0.2) is 0 Å². The Morgan fingerprint density at radius 3 is 2.79 bits per heavy atom. The van der Waals surface area contributed by atoms with Crippen LogP contribution in [0, 0.1) is 23.2 Å². The number of piperazine rings is 1. The van der Waals surface area contributed by atoms with Gasteiger partial charge in [-0.05, 0) is 56.4 Å². The summed E-state index contributed by atoms with van der Waals surface area (Å²) in [6.07, 6.45) is 15.9. The Morgan fingerprint density at radius 1 is 1.21 bits per heavy atom. The molecular weight excluding hydrogens is 350 g/mol. The van der Waals surface area contributed by atoms with Crippen LogP contribution in [0.15, 0.2) is 24.0 Å². The number of fused-ring (bicyclic) bond motifs is 1. The van der Waals surface area contributed by atoms with E-state index in [1.165, 1.54) is 38.6 Å². The van der Waals surface area contributed by atoms with Gasteiger partial charge in [0.15, 0.2) is 0 Å². The molecular formula is C23H35N3O2. The molecule has 0 aromatic carbocycles. The first-order chi connectivity index (χ1) is 13.7. The summed E-state index contributed by atoms with van der Waals surface area (Å²) in [5.41, 5.74) is 5.52. The topological polar surface area (TPSA) is 67.6 Å². The van der Waals surface area contributed by atoms with Crippen molar-refractivity contribution in [3.8, 4) is 0 Å². The molecule has 2 saturated carbocycles. The molecule has 0 aromatic rings. The SMILES string of the molecule is NC(=O)C1(C2CCC(N3CCNCC3CC3CC3)CC2)C=CC=C2OCCC21. The van der Waals surface area contributed by atoms with Gasteiger partial charge in [0.05, 0.1) is 12.0 Å². The molecule has 4 fully saturated rings. The van der Waals surface area contributed by atoms with Crippen molar-refractivity contribution in [3.05, 3.63) is 24.0 Å². The summed E-state index contributed by atoms with van der Waals surface area (Å²) in [6, 6.07) is 1.38. The second kappa shape index (κ2) is 7.49. The predicted molar refractivity (Wildman–Crippen MR) is 109 cm³/mol. The Kier molecular flexibility index (Phi) is 5.00. The highest BCUT2D eigenvalue weighted by molar-refractivity contribution is 5.85. The zero-order valence-corrected chi connectivity index (χ0v) is 16.9. The number of hydrogen-bond acceptors (Lipinski definition) is 4. The summed E-state index contributed by atoms with van der Waals surface area (Å²) in [7, 11) is 0. The number of hydrogen-bond donors (Lipinski definition) is 2. The Balaban J connectivity index is 1.28. The molecule has 3 unspecified atom stereocenters. The molecule has 5 rings (SSSR count). The molecule has 154 valence electrons. The molecule has 0 bridgehead atoms. The van der Waals surface area contributed by atoms with Gasteiger partial charge in [0.25, 0.3) is 0 Å². The quantitative estimate of drug-likeness (QED) is 0.763.